The molecule has 0 bridgehead atoms. The summed E-state index contributed by atoms with van der Waals surface area (Å²) in [5.41, 5.74) is 2.37. The van der Waals surface area contributed by atoms with Gasteiger partial charge in [-0.15, -0.1) is 0 Å². The van der Waals surface area contributed by atoms with Crippen molar-refractivity contribution in [3.63, 3.8) is 0 Å². The number of nitrogens with zero attached hydrogens (tertiary/aromatic N) is 1. The highest BCUT2D eigenvalue weighted by molar-refractivity contribution is 5.87. The standard InChI is InChI=1S/C13H11NO2/c1-16-12-4-2-3-10(7-12)13-8-14-6-5-11(13)9-15/h2-9H,1H3. The minimum Gasteiger partial charge on any atom is -0.497 e. The maximum absolute atomic E-state index is 10.9. The van der Waals surface area contributed by atoms with E-state index in [0.29, 0.717) is 5.56 Å². The van der Waals surface area contributed by atoms with E-state index >= 15 is 0 Å². The molecule has 0 amide bonds. The lowest BCUT2D eigenvalue weighted by molar-refractivity contribution is 0.112. The van der Waals surface area contributed by atoms with Crippen LogP contribution >= 0.6 is 0 Å². The number of benzene rings is 1. The third kappa shape index (κ3) is 1.93. The molecule has 1 heterocycles. The highest BCUT2D eigenvalue weighted by Crippen LogP contribution is 2.25. The Kier molecular flexibility index (Phi) is 2.96. The molecule has 80 valence electrons. The molecule has 3 heteroatoms. The summed E-state index contributed by atoms with van der Waals surface area (Å²) in [7, 11) is 1.61. The van der Waals surface area contributed by atoms with Gasteiger partial charge in [0.2, 0.25) is 0 Å². The molecule has 0 spiro atoms. The summed E-state index contributed by atoms with van der Waals surface area (Å²) in [4.78, 5) is 14.9. The van der Waals surface area contributed by atoms with Crippen LogP contribution in [0.5, 0.6) is 5.75 Å². The zero-order valence-corrected chi connectivity index (χ0v) is 8.88. The number of methoxy groups -OCH3 is 1. The first-order valence-electron chi connectivity index (χ1n) is 4.89. The van der Waals surface area contributed by atoms with Crippen LogP contribution in [0.1, 0.15) is 10.4 Å². The number of aromatic nitrogens is 1. The Balaban J connectivity index is 2.53. The van der Waals surface area contributed by atoms with Crippen molar-refractivity contribution in [2.24, 2.45) is 0 Å². The van der Waals surface area contributed by atoms with E-state index in [0.717, 1.165) is 23.2 Å². The Labute approximate surface area is 93.7 Å². The summed E-state index contributed by atoms with van der Waals surface area (Å²) < 4.78 is 5.14. The minimum atomic E-state index is 0.628. The van der Waals surface area contributed by atoms with E-state index in [4.69, 9.17) is 4.74 Å². The van der Waals surface area contributed by atoms with Crippen molar-refractivity contribution >= 4 is 6.29 Å². The number of hydrogen-bond acceptors (Lipinski definition) is 3. The van der Waals surface area contributed by atoms with Crippen LogP contribution in [0.4, 0.5) is 0 Å². The second kappa shape index (κ2) is 4.57. The summed E-state index contributed by atoms with van der Waals surface area (Å²) >= 11 is 0. The van der Waals surface area contributed by atoms with Crippen molar-refractivity contribution in [3.05, 3.63) is 48.3 Å². The van der Waals surface area contributed by atoms with Gasteiger partial charge in [-0.05, 0) is 23.8 Å². The predicted octanol–water partition coefficient (Wildman–Crippen LogP) is 2.57. The molecule has 0 N–H and O–H groups in total. The van der Waals surface area contributed by atoms with Crippen LogP contribution in [-0.2, 0) is 0 Å². The van der Waals surface area contributed by atoms with Crippen LogP contribution in [0.2, 0.25) is 0 Å². The normalized spacial score (nSPS) is 9.81. The van der Waals surface area contributed by atoms with Crippen molar-refractivity contribution in [1.29, 1.82) is 0 Å². The third-order valence-corrected chi connectivity index (χ3v) is 2.36. The summed E-state index contributed by atoms with van der Waals surface area (Å²) in [6.07, 6.45) is 4.11. The molecule has 2 rings (SSSR count). The number of pyridine rings is 1. The third-order valence-electron chi connectivity index (χ3n) is 2.36. The highest BCUT2D eigenvalue weighted by Gasteiger charge is 2.04. The lowest BCUT2D eigenvalue weighted by atomic mass is 10.0. The molecule has 0 atom stereocenters. The lowest BCUT2D eigenvalue weighted by Gasteiger charge is -2.06. The van der Waals surface area contributed by atoms with Crippen molar-refractivity contribution in [2.75, 3.05) is 7.11 Å². The number of carbonyl (C=O) groups is 1. The topological polar surface area (TPSA) is 39.2 Å². The SMILES string of the molecule is COc1cccc(-c2cnccc2C=O)c1. The van der Waals surface area contributed by atoms with Gasteiger partial charge in [0, 0.05) is 23.5 Å². The second-order valence-corrected chi connectivity index (χ2v) is 3.31. The molecule has 0 aliphatic rings. The number of rotatable bonds is 3. The van der Waals surface area contributed by atoms with Gasteiger partial charge in [0.15, 0.2) is 6.29 Å². The largest absolute Gasteiger partial charge is 0.497 e. The molecule has 1 aromatic carbocycles. The summed E-state index contributed by atoms with van der Waals surface area (Å²) in [5, 5.41) is 0. The van der Waals surface area contributed by atoms with Crippen molar-refractivity contribution in [1.82, 2.24) is 4.98 Å². The number of hydrogen-bond donors (Lipinski definition) is 0. The molecule has 0 aliphatic heterocycles. The van der Waals surface area contributed by atoms with Crippen molar-refractivity contribution in [2.45, 2.75) is 0 Å². The zero-order chi connectivity index (χ0) is 11.4. The van der Waals surface area contributed by atoms with Crippen LogP contribution < -0.4 is 4.74 Å². The van der Waals surface area contributed by atoms with E-state index in [9.17, 15) is 4.79 Å². The molecule has 3 nitrogen and oxygen atoms in total. The molecule has 0 saturated carbocycles. The van der Waals surface area contributed by atoms with Gasteiger partial charge in [0.25, 0.3) is 0 Å². The molecule has 0 saturated heterocycles. The van der Waals surface area contributed by atoms with Crippen molar-refractivity contribution in [3.8, 4) is 16.9 Å². The molecule has 1 aromatic heterocycles. The van der Waals surface area contributed by atoms with Crippen LogP contribution in [-0.4, -0.2) is 18.4 Å². The van der Waals surface area contributed by atoms with Crippen LogP contribution in [0.25, 0.3) is 11.1 Å². The number of ether oxygens (including phenoxy) is 1. The Morgan fingerprint density at radius 3 is 2.94 bits per heavy atom. The van der Waals surface area contributed by atoms with Gasteiger partial charge in [-0.1, -0.05) is 12.1 Å². The van der Waals surface area contributed by atoms with Gasteiger partial charge >= 0.3 is 0 Å². The average molecular weight is 213 g/mol. The highest BCUT2D eigenvalue weighted by atomic mass is 16.5. The van der Waals surface area contributed by atoms with Crippen LogP contribution in [0.15, 0.2) is 42.7 Å². The molecule has 0 fully saturated rings. The van der Waals surface area contributed by atoms with E-state index in [1.54, 1.807) is 25.6 Å². The summed E-state index contributed by atoms with van der Waals surface area (Å²) in [6, 6.07) is 9.24. The Morgan fingerprint density at radius 1 is 1.31 bits per heavy atom. The predicted molar refractivity (Wildman–Crippen MR) is 61.6 cm³/mol. The Bertz CT molecular complexity index is 509. The molecule has 0 aliphatic carbocycles. The van der Waals surface area contributed by atoms with E-state index in [2.05, 4.69) is 4.98 Å². The van der Waals surface area contributed by atoms with Gasteiger partial charge in [-0.2, -0.15) is 0 Å². The number of carbonyl (C=O) groups excluding carboxylic acids is 1. The first-order valence-corrected chi connectivity index (χ1v) is 4.89. The molecular formula is C13H11NO2. The Morgan fingerprint density at radius 2 is 2.19 bits per heavy atom. The smallest absolute Gasteiger partial charge is 0.150 e. The average Bonchev–Trinajstić information content (AvgIpc) is 2.38. The lowest BCUT2D eigenvalue weighted by Crippen LogP contribution is -1.89. The fourth-order valence-corrected chi connectivity index (χ4v) is 1.54. The minimum absolute atomic E-state index is 0.628. The zero-order valence-electron chi connectivity index (χ0n) is 8.88. The first-order chi connectivity index (χ1) is 7.85. The van der Waals surface area contributed by atoms with E-state index < -0.39 is 0 Å². The fraction of sp³-hybridized carbons (Fsp3) is 0.0769. The molecule has 0 radical (unpaired) electrons. The van der Waals surface area contributed by atoms with E-state index in [1.807, 2.05) is 24.3 Å². The summed E-state index contributed by atoms with van der Waals surface area (Å²) in [5.74, 6) is 0.762. The van der Waals surface area contributed by atoms with E-state index in [-0.39, 0.29) is 0 Å². The quantitative estimate of drug-likeness (QED) is 0.735. The van der Waals surface area contributed by atoms with Crippen LogP contribution in [0, 0.1) is 0 Å². The summed E-state index contributed by atoms with van der Waals surface area (Å²) in [6.45, 7) is 0. The van der Waals surface area contributed by atoms with Gasteiger partial charge in [-0.25, -0.2) is 0 Å². The maximum Gasteiger partial charge on any atom is 0.150 e. The monoisotopic (exact) mass is 213 g/mol. The van der Waals surface area contributed by atoms with Crippen molar-refractivity contribution < 1.29 is 9.53 Å². The van der Waals surface area contributed by atoms with Crippen LogP contribution in [0.3, 0.4) is 0 Å². The van der Waals surface area contributed by atoms with Gasteiger partial charge < -0.3 is 4.74 Å². The number of aldehydes is 1. The fourth-order valence-electron chi connectivity index (χ4n) is 1.54. The van der Waals surface area contributed by atoms with Gasteiger partial charge in [0.05, 0.1) is 7.11 Å². The first kappa shape index (κ1) is 10.4. The van der Waals surface area contributed by atoms with Gasteiger partial charge in [0.1, 0.15) is 5.75 Å². The molecule has 16 heavy (non-hydrogen) atoms. The van der Waals surface area contributed by atoms with E-state index in [1.165, 1.54) is 0 Å². The molecule has 2 aromatic rings. The molecule has 0 unspecified atom stereocenters. The second-order valence-electron chi connectivity index (χ2n) is 3.31. The van der Waals surface area contributed by atoms with Gasteiger partial charge in [-0.3, -0.25) is 9.78 Å². The molecular weight excluding hydrogens is 202 g/mol. The maximum atomic E-state index is 10.9. The Hall–Kier alpha value is -2.16.